The zero-order valence-corrected chi connectivity index (χ0v) is 15.5. The van der Waals surface area contributed by atoms with E-state index in [-0.39, 0.29) is 24.1 Å². The Labute approximate surface area is 162 Å². The van der Waals surface area contributed by atoms with Crippen LogP contribution >= 0.6 is 0 Å². The van der Waals surface area contributed by atoms with Crippen molar-refractivity contribution >= 4 is 11.7 Å². The molecule has 0 fully saturated rings. The number of para-hydroxylation sites is 1. The number of nitrogen functional groups attached to an aromatic ring is 1. The van der Waals surface area contributed by atoms with Crippen LogP contribution in [0.1, 0.15) is 33.8 Å². The molecule has 0 atom stereocenters. The van der Waals surface area contributed by atoms with E-state index in [0.29, 0.717) is 36.2 Å². The Morgan fingerprint density at radius 3 is 2.89 bits per heavy atom. The second kappa shape index (κ2) is 8.77. The smallest absolute Gasteiger partial charge is 0.289 e. The Balaban J connectivity index is 1.55. The van der Waals surface area contributed by atoms with E-state index >= 15 is 0 Å². The predicted octanol–water partition coefficient (Wildman–Crippen LogP) is 2.74. The maximum atomic E-state index is 12.7. The van der Waals surface area contributed by atoms with Crippen LogP contribution in [0.5, 0.6) is 5.75 Å². The fourth-order valence-electron chi connectivity index (χ4n) is 2.78. The van der Waals surface area contributed by atoms with Gasteiger partial charge in [-0.1, -0.05) is 18.2 Å². The molecule has 2 heterocycles. The number of hydrogen-bond donors (Lipinski definition) is 2. The van der Waals surface area contributed by atoms with E-state index in [9.17, 15) is 4.79 Å². The van der Waals surface area contributed by atoms with E-state index in [0.717, 1.165) is 5.75 Å². The number of nitrogens with zero attached hydrogens (tertiary/aromatic N) is 3. The van der Waals surface area contributed by atoms with E-state index in [1.807, 2.05) is 36.4 Å². The van der Waals surface area contributed by atoms with Gasteiger partial charge in [0, 0.05) is 19.2 Å². The number of aromatic nitrogens is 2. The fourth-order valence-corrected chi connectivity index (χ4v) is 2.78. The number of carbonyl (C=O) groups is 1. The number of aromatic amines is 1. The van der Waals surface area contributed by atoms with Crippen LogP contribution in [0.3, 0.4) is 0 Å². The van der Waals surface area contributed by atoms with Gasteiger partial charge in [0.15, 0.2) is 11.6 Å². The molecule has 144 valence electrons. The Morgan fingerprint density at radius 2 is 2.14 bits per heavy atom. The van der Waals surface area contributed by atoms with Gasteiger partial charge in [0.1, 0.15) is 24.0 Å². The molecule has 0 spiro atoms. The first-order chi connectivity index (χ1) is 13.6. The van der Waals surface area contributed by atoms with Crippen LogP contribution in [0.4, 0.5) is 5.82 Å². The normalized spacial score (nSPS) is 10.4. The van der Waals surface area contributed by atoms with Crippen molar-refractivity contribution in [2.24, 2.45) is 0 Å². The number of carbonyl (C=O) groups excluding carboxylic acids is 1. The number of aryl methyl sites for hydroxylation is 1. The van der Waals surface area contributed by atoms with Crippen molar-refractivity contribution in [2.45, 2.75) is 19.4 Å². The van der Waals surface area contributed by atoms with Gasteiger partial charge in [0.2, 0.25) is 0 Å². The van der Waals surface area contributed by atoms with Crippen molar-refractivity contribution in [1.82, 2.24) is 15.1 Å². The van der Waals surface area contributed by atoms with Crippen molar-refractivity contribution < 1.29 is 13.9 Å². The lowest BCUT2D eigenvalue weighted by molar-refractivity contribution is 0.0758. The van der Waals surface area contributed by atoms with Crippen LogP contribution < -0.4 is 10.5 Å². The van der Waals surface area contributed by atoms with E-state index in [4.69, 9.17) is 20.1 Å². The van der Waals surface area contributed by atoms with Crippen LogP contribution in [-0.2, 0) is 13.0 Å². The minimum absolute atomic E-state index is 0.195. The highest BCUT2D eigenvalue weighted by Crippen LogP contribution is 2.18. The van der Waals surface area contributed by atoms with E-state index in [1.165, 1.54) is 6.26 Å². The Kier molecular flexibility index (Phi) is 5.97. The van der Waals surface area contributed by atoms with Gasteiger partial charge < -0.3 is 19.8 Å². The molecule has 0 saturated heterocycles. The standard InChI is InChI=1S/C20H21N5O3/c1-25(10-5-8-17-16(12-21)19(22)24-23-17)20(26)18-14(9-11-27-18)13-28-15-6-3-2-4-7-15/h2-4,6-7,9,11H,5,8,10,13H2,1H3,(H3,22,23,24). The zero-order valence-electron chi connectivity index (χ0n) is 15.5. The number of furan rings is 1. The number of anilines is 1. The molecule has 0 saturated carbocycles. The van der Waals surface area contributed by atoms with Gasteiger partial charge in [0.05, 0.1) is 12.0 Å². The summed E-state index contributed by atoms with van der Waals surface area (Å²) in [6.45, 7) is 0.733. The maximum absolute atomic E-state index is 12.7. The van der Waals surface area contributed by atoms with Crippen molar-refractivity contribution in [3.63, 3.8) is 0 Å². The summed E-state index contributed by atoms with van der Waals surface area (Å²) in [6, 6.07) is 13.1. The number of benzene rings is 1. The third-order valence-corrected chi connectivity index (χ3v) is 4.33. The molecule has 28 heavy (non-hydrogen) atoms. The monoisotopic (exact) mass is 379 g/mol. The number of amides is 1. The van der Waals surface area contributed by atoms with E-state index < -0.39 is 0 Å². The largest absolute Gasteiger partial charge is 0.489 e. The van der Waals surface area contributed by atoms with Gasteiger partial charge in [-0.15, -0.1) is 0 Å². The molecule has 0 bridgehead atoms. The third-order valence-electron chi connectivity index (χ3n) is 4.33. The minimum Gasteiger partial charge on any atom is -0.489 e. The summed E-state index contributed by atoms with van der Waals surface area (Å²) < 4.78 is 11.1. The highest BCUT2D eigenvalue weighted by Gasteiger charge is 2.20. The second-order valence-corrected chi connectivity index (χ2v) is 6.28. The Morgan fingerprint density at radius 1 is 1.36 bits per heavy atom. The second-order valence-electron chi connectivity index (χ2n) is 6.28. The SMILES string of the molecule is CN(CCCc1[nH]nc(N)c1C#N)C(=O)c1occc1COc1ccccc1. The summed E-state index contributed by atoms with van der Waals surface area (Å²) in [5.74, 6) is 0.964. The number of rotatable bonds is 8. The zero-order chi connectivity index (χ0) is 19.9. The van der Waals surface area contributed by atoms with Crippen molar-refractivity contribution in [3.8, 4) is 11.8 Å². The molecule has 1 amide bonds. The summed E-state index contributed by atoms with van der Waals surface area (Å²) in [5.41, 5.74) is 7.36. The summed E-state index contributed by atoms with van der Waals surface area (Å²) in [5, 5.41) is 15.7. The molecule has 0 unspecified atom stereocenters. The Hall–Kier alpha value is -3.73. The summed E-state index contributed by atoms with van der Waals surface area (Å²) in [4.78, 5) is 14.3. The van der Waals surface area contributed by atoms with Crippen LogP contribution in [0.2, 0.25) is 0 Å². The van der Waals surface area contributed by atoms with E-state index in [2.05, 4.69) is 10.2 Å². The molecule has 3 aromatic rings. The average molecular weight is 379 g/mol. The lowest BCUT2D eigenvalue weighted by Gasteiger charge is -2.16. The minimum atomic E-state index is -0.221. The fraction of sp³-hybridized carbons (Fsp3) is 0.250. The van der Waals surface area contributed by atoms with Gasteiger partial charge in [-0.05, 0) is 31.0 Å². The summed E-state index contributed by atoms with van der Waals surface area (Å²) in [7, 11) is 1.71. The molecule has 0 aliphatic rings. The number of nitriles is 1. The number of H-pyrrole nitrogens is 1. The molecule has 3 N–H and O–H groups in total. The number of hydrogen-bond acceptors (Lipinski definition) is 6. The van der Waals surface area contributed by atoms with Crippen molar-refractivity contribution in [3.05, 3.63) is 65.2 Å². The van der Waals surface area contributed by atoms with Crippen molar-refractivity contribution in [2.75, 3.05) is 19.3 Å². The maximum Gasteiger partial charge on any atom is 0.289 e. The lowest BCUT2D eigenvalue weighted by atomic mass is 10.1. The van der Waals surface area contributed by atoms with Crippen LogP contribution in [0.25, 0.3) is 0 Å². The highest BCUT2D eigenvalue weighted by molar-refractivity contribution is 5.92. The van der Waals surface area contributed by atoms with Crippen molar-refractivity contribution in [1.29, 1.82) is 5.26 Å². The first-order valence-corrected chi connectivity index (χ1v) is 8.82. The van der Waals surface area contributed by atoms with E-state index in [1.54, 1.807) is 18.0 Å². The van der Waals surface area contributed by atoms with Crippen LogP contribution in [-0.4, -0.2) is 34.6 Å². The van der Waals surface area contributed by atoms with Crippen LogP contribution in [0, 0.1) is 11.3 Å². The number of nitrogens with two attached hydrogens (primary N) is 1. The molecule has 2 aromatic heterocycles. The molecular formula is C20H21N5O3. The van der Waals surface area contributed by atoms with Crippen LogP contribution in [0.15, 0.2) is 47.1 Å². The van der Waals surface area contributed by atoms with Gasteiger partial charge in [-0.3, -0.25) is 9.89 Å². The first-order valence-electron chi connectivity index (χ1n) is 8.82. The van der Waals surface area contributed by atoms with Gasteiger partial charge in [-0.25, -0.2) is 0 Å². The van der Waals surface area contributed by atoms with Gasteiger partial charge >= 0.3 is 0 Å². The molecule has 8 heteroatoms. The average Bonchev–Trinajstić information content (AvgIpc) is 3.32. The first kappa shape index (κ1) is 19.0. The highest BCUT2D eigenvalue weighted by atomic mass is 16.5. The molecule has 1 aromatic carbocycles. The van der Waals surface area contributed by atoms with Gasteiger partial charge in [0.25, 0.3) is 5.91 Å². The third kappa shape index (κ3) is 4.32. The molecule has 8 nitrogen and oxygen atoms in total. The topological polar surface area (TPSA) is 121 Å². The molecule has 0 aliphatic heterocycles. The molecule has 0 radical (unpaired) electrons. The summed E-state index contributed by atoms with van der Waals surface area (Å²) >= 11 is 0. The van der Waals surface area contributed by atoms with Gasteiger partial charge in [-0.2, -0.15) is 10.4 Å². The Bertz CT molecular complexity index is 971. The lowest BCUT2D eigenvalue weighted by Crippen LogP contribution is -2.28. The summed E-state index contributed by atoms with van der Waals surface area (Å²) in [6.07, 6.45) is 2.69. The quantitative estimate of drug-likeness (QED) is 0.621. The molecular weight excluding hydrogens is 358 g/mol. The molecule has 3 rings (SSSR count). The number of nitrogens with one attached hydrogen (secondary N) is 1. The number of ether oxygens (including phenoxy) is 1. The predicted molar refractivity (Wildman–Crippen MR) is 102 cm³/mol. The molecule has 0 aliphatic carbocycles.